The number of pyridine rings is 1. The molecule has 2 nitrogen and oxygen atoms in total. The molecule has 1 N–H and O–H groups in total. The van der Waals surface area contributed by atoms with E-state index >= 15 is 0 Å². The van der Waals surface area contributed by atoms with Crippen LogP contribution in [0, 0.1) is 6.92 Å². The second-order valence-corrected chi connectivity index (χ2v) is 3.22. The topological polar surface area (TPSA) is 33.1 Å². The molecular formula is C9H11NO. The van der Waals surface area contributed by atoms with E-state index in [1.807, 2.05) is 13.0 Å². The van der Waals surface area contributed by atoms with Crippen molar-refractivity contribution in [2.45, 2.75) is 25.4 Å². The summed E-state index contributed by atoms with van der Waals surface area (Å²) >= 11 is 0. The van der Waals surface area contributed by atoms with Gasteiger partial charge in [0.2, 0.25) is 0 Å². The van der Waals surface area contributed by atoms with Gasteiger partial charge >= 0.3 is 0 Å². The molecule has 58 valence electrons. The van der Waals surface area contributed by atoms with Gasteiger partial charge in [0.15, 0.2) is 0 Å². The fraction of sp³-hybridized carbons (Fsp3) is 0.444. The zero-order valence-corrected chi connectivity index (χ0v) is 6.54. The van der Waals surface area contributed by atoms with Gasteiger partial charge in [0.25, 0.3) is 0 Å². The van der Waals surface area contributed by atoms with Crippen LogP contribution in [0.1, 0.15) is 24.0 Å². The minimum absolute atomic E-state index is 0.507. The molecule has 0 spiro atoms. The molecule has 1 aromatic rings. The van der Waals surface area contributed by atoms with Crippen molar-refractivity contribution in [3.63, 3.8) is 0 Å². The lowest BCUT2D eigenvalue weighted by Gasteiger charge is -2.09. The van der Waals surface area contributed by atoms with E-state index in [4.69, 9.17) is 0 Å². The highest BCUT2D eigenvalue weighted by Gasteiger charge is 2.42. The van der Waals surface area contributed by atoms with Crippen molar-refractivity contribution in [1.29, 1.82) is 0 Å². The van der Waals surface area contributed by atoms with Gasteiger partial charge in [0.05, 0.1) is 5.60 Å². The maximum atomic E-state index is 9.75. The maximum absolute atomic E-state index is 9.75. The van der Waals surface area contributed by atoms with E-state index in [0.717, 1.165) is 24.0 Å². The minimum atomic E-state index is -0.507. The summed E-state index contributed by atoms with van der Waals surface area (Å²) in [5.41, 5.74) is 1.63. The molecular weight excluding hydrogens is 138 g/mol. The van der Waals surface area contributed by atoms with Gasteiger partial charge in [-0.05, 0) is 37.0 Å². The Kier molecular flexibility index (Phi) is 1.26. The summed E-state index contributed by atoms with van der Waals surface area (Å²) < 4.78 is 0. The van der Waals surface area contributed by atoms with Crippen LogP contribution < -0.4 is 0 Å². The van der Waals surface area contributed by atoms with Crippen molar-refractivity contribution in [2.75, 3.05) is 0 Å². The summed E-state index contributed by atoms with van der Waals surface area (Å²) in [5, 5.41) is 9.75. The number of nitrogens with zero attached hydrogens (tertiary/aromatic N) is 1. The molecule has 2 heteroatoms. The van der Waals surface area contributed by atoms with Gasteiger partial charge in [0, 0.05) is 12.4 Å². The first-order chi connectivity index (χ1) is 5.22. The molecule has 1 heterocycles. The average molecular weight is 149 g/mol. The van der Waals surface area contributed by atoms with Gasteiger partial charge in [-0.25, -0.2) is 0 Å². The second kappa shape index (κ2) is 2.05. The van der Waals surface area contributed by atoms with Crippen molar-refractivity contribution in [3.05, 3.63) is 29.6 Å². The molecule has 1 saturated carbocycles. The predicted octanol–water partition coefficient (Wildman–Crippen LogP) is 1.37. The lowest BCUT2D eigenvalue weighted by molar-refractivity contribution is 0.150. The van der Waals surface area contributed by atoms with Crippen LogP contribution in [0.2, 0.25) is 0 Å². The second-order valence-electron chi connectivity index (χ2n) is 3.22. The van der Waals surface area contributed by atoms with Crippen LogP contribution in [0.5, 0.6) is 0 Å². The minimum Gasteiger partial charge on any atom is -0.385 e. The molecule has 1 fully saturated rings. The first kappa shape index (κ1) is 6.80. The molecule has 0 atom stereocenters. The van der Waals surface area contributed by atoms with Crippen molar-refractivity contribution in [2.24, 2.45) is 0 Å². The summed E-state index contributed by atoms with van der Waals surface area (Å²) in [6.07, 6.45) is 5.33. The third-order valence-corrected chi connectivity index (χ3v) is 2.25. The van der Waals surface area contributed by atoms with Crippen LogP contribution in [-0.2, 0) is 5.60 Å². The molecule has 1 aromatic heterocycles. The summed E-state index contributed by atoms with van der Waals surface area (Å²) in [7, 11) is 0. The predicted molar refractivity (Wildman–Crippen MR) is 42.1 cm³/mol. The zero-order valence-electron chi connectivity index (χ0n) is 6.54. The third kappa shape index (κ3) is 1.03. The molecule has 0 aromatic carbocycles. The van der Waals surface area contributed by atoms with E-state index in [2.05, 4.69) is 4.98 Å². The van der Waals surface area contributed by atoms with E-state index in [1.165, 1.54) is 0 Å². The number of hydrogen-bond donors (Lipinski definition) is 1. The normalized spacial score (nSPS) is 19.8. The monoisotopic (exact) mass is 149 g/mol. The van der Waals surface area contributed by atoms with Crippen LogP contribution in [-0.4, -0.2) is 10.1 Å². The van der Waals surface area contributed by atoms with Crippen LogP contribution >= 0.6 is 0 Å². The summed E-state index contributed by atoms with van der Waals surface area (Å²) in [5.74, 6) is 0. The fourth-order valence-corrected chi connectivity index (χ4v) is 1.38. The number of aryl methyl sites for hydroxylation is 1. The van der Waals surface area contributed by atoms with E-state index in [9.17, 15) is 5.11 Å². The SMILES string of the molecule is Cc1cnccc1C1(O)CC1. The number of hydrogen-bond acceptors (Lipinski definition) is 2. The van der Waals surface area contributed by atoms with Crippen LogP contribution in [0.25, 0.3) is 0 Å². The Morgan fingerprint density at radius 2 is 2.27 bits per heavy atom. The van der Waals surface area contributed by atoms with E-state index in [1.54, 1.807) is 12.4 Å². The Morgan fingerprint density at radius 1 is 1.55 bits per heavy atom. The Morgan fingerprint density at radius 3 is 2.82 bits per heavy atom. The van der Waals surface area contributed by atoms with Crippen molar-refractivity contribution in [3.8, 4) is 0 Å². The maximum Gasteiger partial charge on any atom is 0.0902 e. The van der Waals surface area contributed by atoms with Gasteiger partial charge < -0.3 is 5.11 Å². The third-order valence-electron chi connectivity index (χ3n) is 2.25. The Balaban J connectivity index is 2.45. The molecule has 1 aliphatic rings. The van der Waals surface area contributed by atoms with Crippen LogP contribution in [0.3, 0.4) is 0 Å². The Bertz CT molecular complexity index is 279. The number of aliphatic hydroxyl groups is 1. The standard InChI is InChI=1S/C9H11NO/c1-7-6-10-5-2-8(7)9(11)3-4-9/h2,5-6,11H,3-4H2,1H3. The van der Waals surface area contributed by atoms with Gasteiger partial charge in [0.1, 0.15) is 0 Å². The molecule has 11 heavy (non-hydrogen) atoms. The number of aromatic nitrogens is 1. The average Bonchev–Trinajstić information content (AvgIpc) is 2.70. The highest BCUT2D eigenvalue weighted by atomic mass is 16.3. The van der Waals surface area contributed by atoms with E-state index in [-0.39, 0.29) is 0 Å². The molecule has 1 aliphatic carbocycles. The van der Waals surface area contributed by atoms with Crippen molar-refractivity contribution < 1.29 is 5.11 Å². The van der Waals surface area contributed by atoms with Gasteiger partial charge in [-0.15, -0.1) is 0 Å². The summed E-state index contributed by atoms with van der Waals surface area (Å²) in [6.45, 7) is 1.98. The van der Waals surface area contributed by atoms with Gasteiger partial charge in [-0.1, -0.05) is 0 Å². The molecule has 2 rings (SSSR count). The zero-order chi connectivity index (χ0) is 7.90. The van der Waals surface area contributed by atoms with Gasteiger partial charge in [-0.2, -0.15) is 0 Å². The molecule has 0 bridgehead atoms. The lowest BCUT2D eigenvalue weighted by Crippen LogP contribution is -2.06. The highest BCUT2D eigenvalue weighted by molar-refractivity contribution is 5.32. The lowest BCUT2D eigenvalue weighted by atomic mass is 10.1. The van der Waals surface area contributed by atoms with E-state index in [0.29, 0.717) is 0 Å². The van der Waals surface area contributed by atoms with Crippen molar-refractivity contribution in [1.82, 2.24) is 4.98 Å². The molecule has 0 aliphatic heterocycles. The molecule has 0 saturated heterocycles. The number of rotatable bonds is 1. The largest absolute Gasteiger partial charge is 0.385 e. The first-order valence-corrected chi connectivity index (χ1v) is 3.86. The first-order valence-electron chi connectivity index (χ1n) is 3.86. The summed E-state index contributed by atoms with van der Waals surface area (Å²) in [6, 6.07) is 1.91. The molecule has 0 unspecified atom stereocenters. The molecule has 0 radical (unpaired) electrons. The Labute approximate surface area is 65.9 Å². The van der Waals surface area contributed by atoms with Crippen molar-refractivity contribution >= 4 is 0 Å². The summed E-state index contributed by atoms with van der Waals surface area (Å²) in [4.78, 5) is 3.98. The van der Waals surface area contributed by atoms with Crippen LogP contribution in [0.4, 0.5) is 0 Å². The quantitative estimate of drug-likeness (QED) is 0.654. The highest BCUT2D eigenvalue weighted by Crippen LogP contribution is 2.46. The van der Waals surface area contributed by atoms with E-state index < -0.39 is 5.60 Å². The van der Waals surface area contributed by atoms with Crippen LogP contribution in [0.15, 0.2) is 18.5 Å². The van der Waals surface area contributed by atoms with Gasteiger partial charge in [-0.3, -0.25) is 4.98 Å². The Hall–Kier alpha value is -0.890. The molecule has 0 amide bonds. The fourth-order valence-electron chi connectivity index (χ4n) is 1.38. The smallest absolute Gasteiger partial charge is 0.0902 e.